The predicted octanol–water partition coefficient (Wildman–Crippen LogP) is 7.66. The van der Waals surface area contributed by atoms with E-state index in [0.717, 1.165) is 5.69 Å². The number of fused-ring (bicyclic) bond motifs is 2. The molecule has 0 spiro atoms. The molecule has 1 nitrogen and oxygen atoms in total. The zero-order chi connectivity index (χ0) is 23.1. The Kier molecular flexibility index (Phi) is 4.85. The van der Waals surface area contributed by atoms with Gasteiger partial charge in [-0.1, -0.05) is 116 Å². The van der Waals surface area contributed by atoms with Crippen LogP contribution in [-0.2, 0) is 5.41 Å². The molecule has 0 fully saturated rings. The third-order valence-corrected chi connectivity index (χ3v) is 7.29. The first-order valence-electron chi connectivity index (χ1n) is 11.9. The molecule has 0 saturated carbocycles. The SMILES string of the molecule is C[C@@H]1C=CC2=C(C=C1c1ccccc1)c1cc(N)ccc1C2(c1ccccc1)c1ccccc1. The van der Waals surface area contributed by atoms with E-state index in [1.165, 1.54) is 44.5 Å². The largest absolute Gasteiger partial charge is 0.399 e. The lowest BCUT2D eigenvalue weighted by molar-refractivity contribution is 0.760. The number of hydrogen-bond acceptors (Lipinski definition) is 1. The molecule has 0 radical (unpaired) electrons. The summed E-state index contributed by atoms with van der Waals surface area (Å²) in [6.07, 6.45) is 7.13. The van der Waals surface area contributed by atoms with Crippen LogP contribution in [0.4, 0.5) is 5.69 Å². The maximum atomic E-state index is 6.37. The normalized spacial score (nSPS) is 18.1. The van der Waals surface area contributed by atoms with Gasteiger partial charge in [-0.05, 0) is 68.7 Å². The van der Waals surface area contributed by atoms with Crippen molar-refractivity contribution in [2.24, 2.45) is 5.92 Å². The molecule has 0 unspecified atom stereocenters. The molecule has 0 aromatic heterocycles. The highest BCUT2D eigenvalue weighted by Crippen LogP contribution is 2.57. The minimum Gasteiger partial charge on any atom is -0.399 e. The zero-order valence-corrected chi connectivity index (χ0v) is 19.3. The molecule has 6 rings (SSSR count). The van der Waals surface area contributed by atoms with E-state index in [4.69, 9.17) is 5.73 Å². The van der Waals surface area contributed by atoms with Crippen LogP contribution in [0.3, 0.4) is 0 Å². The van der Waals surface area contributed by atoms with Crippen LogP contribution in [0.25, 0.3) is 11.1 Å². The Morgan fingerprint density at radius 3 is 1.91 bits per heavy atom. The van der Waals surface area contributed by atoms with Crippen molar-refractivity contribution < 1.29 is 0 Å². The first kappa shape index (κ1) is 20.5. The average Bonchev–Trinajstić information content (AvgIpc) is 3.03. The first-order valence-corrected chi connectivity index (χ1v) is 11.9. The zero-order valence-electron chi connectivity index (χ0n) is 19.3. The number of anilines is 1. The van der Waals surface area contributed by atoms with Crippen LogP contribution in [0.2, 0.25) is 0 Å². The Labute approximate surface area is 201 Å². The fourth-order valence-corrected chi connectivity index (χ4v) is 5.75. The van der Waals surface area contributed by atoms with Gasteiger partial charge in [-0.15, -0.1) is 0 Å². The highest BCUT2D eigenvalue weighted by atomic mass is 14.6. The fraction of sp³-hybridized carbons (Fsp3) is 0.0909. The van der Waals surface area contributed by atoms with Gasteiger partial charge in [-0.25, -0.2) is 0 Å². The molecule has 1 atom stereocenters. The molecule has 0 aliphatic heterocycles. The molecule has 34 heavy (non-hydrogen) atoms. The highest BCUT2D eigenvalue weighted by molar-refractivity contribution is 5.97. The average molecular weight is 438 g/mol. The summed E-state index contributed by atoms with van der Waals surface area (Å²) >= 11 is 0. The van der Waals surface area contributed by atoms with Gasteiger partial charge in [-0.3, -0.25) is 0 Å². The lowest BCUT2D eigenvalue weighted by Gasteiger charge is -2.35. The topological polar surface area (TPSA) is 26.0 Å². The Hall–Kier alpha value is -4.10. The monoisotopic (exact) mass is 437 g/mol. The molecule has 2 N–H and O–H groups in total. The highest BCUT2D eigenvalue weighted by Gasteiger charge is 2.46. The lowest BCUT2D eigenvalue weighted by atomic mass is 9.66. The van der Waals surface area contributed by atoms with Gasteiger partial charge in [-0.2, -0.15) is 0 Å². The van der Waals surface area contributed by atoms with Crippen LogP contribution in [0.15, 0.2) is 133 Å². The number of rotatable bonds is 3. The van der Waals surface area contributed by atoms with Gasteiger partial charge in [0.05, 0.1) is 5.41 Å². The second-order valence-corrected chi connectivity index (χ2v) is 9.23. The van der Waals surface area contributed by atoms with Crippen LogP contribution < -0.4 is 5.73 Å². The van der Waals surface area contributed by atoms with Crippen LogP contribution in [0.1, 0.15) is 34.7 Å². The van der Waals surface area contributed by atoms with Crippen LogP contribution in [-0.4, -0.2) is 0 Å². The Balaban J connectivity index is 1.74. The lowest BCUT2D eigenvalue weighted by Crippen LogP contribution is -2.29. The van der Waals surface area contributed by atoms with E-state index in [1.807, 2.05) is 6.07 Å². The second kappa shape index (κ2) is 8.04. The standard InChI is InChI=1S/C33H27N/c1-23-17-19-31-30(22-28(23)24-11-5-2-6-12-24)29-21-27(34)18-20-32(29)33(31,25-13-7-3-8-14-25)26-15-9-4-10-16-26/h2-23H,34H2,1H3/t23-/m1/s1. The maximum absolute atomic E-state index is 6.37. The van der Waals surface area contributed by atoms with Crippen molar-refractivity contribution in [2.75, 3.05) is 5.73 Å². The predicted molar refractivity (Wildman–Crippen MR) is 143 cm³/mol. The molecule has 164 valence electrons. The van der Waals surface area contributed by atoms with Crippen molar-refractivity contribution in [3.05, 3.63) is 161 Å². The van der Waals surface area contributed by atoms with Crippen molar-refractivity contribution in [3.8, 4) is 0 Å². The number of benzene rings is 4. The molecule has 2 aliphatic rings. The molecule has 0 amide bonds. The van der Waals surface area contributed by atoms with E-state index in [-0.39, 0.29) is 0 Å². The minimum absolute atomic E-state index is 0.293. The number of nitrogens with two attached hydrogens (primary N) is 1. The number of hydrogen-bond donors (Lipinski definition) is 1. The van der Waals surface area contributed by atoms with Gasteiger partial charge >= 0.3 is 0 Å². The van der Waals surface area contributed by atoms with Crippen molar-refractivity contribution in [2.45, 2.75) is 12.3 Å². The third kappa shape index (κ3) is 3.01. The van der Waals surface area contributed by atoms with Crippen LogP contribution in [0, 0.1) is 5.92 Å². The summed E-state index contributed by atoms with van der Waals surface area (Å²) in [5.41, 5.74) is 17.0. The number of allylic oxidation sites excluding steroid dienone is 6. The van der Waals surface area contributed by atoms with Gasteiger partial charge in [0.2, 0.25) is 0 Å². The quantitative estimate of drug-likeness (QED) is 0.327. The van der Waals surface area contributed by atoms with Crippen molar-refractivity contribution in [3.63, 3.8) is 0 Å². The molecule has 0 saturated heterocycles. The Morgan fingerprint density at radius 1 is 0.706 bits per heavy atom. The van der Waals surface area contributed by atoms with Crippen LogP contribution in [0.5, 0.6) is 0 Å². The van der Waals surface area contributed by atoms with Crippen molar-refractivity contribution in [1.29, 1.82) is 0 Å². The molecule has 0 bridgehead atoms. The number of nitrogen functional groups attached to an aromatic ring is 1. The van der Waals surface area contributed by atoms with E-state index >= 15 is 0 Å². The summed E-state index contributed by atoms with van der Waals surface area (Å²) in [7, 11) is 0. The van der Waals surface area contributed by atoms with Crippen molar-refractivity contribution in [1.82, 2.24) is 0 Å². The van der Waals surface area contributed by atoms with Crippen LogP contribution >= 0.6 is 0 Å². The molecule has 1 heteroatoms. The van der Waals surface area contributed by atoms with E-state index in [2.05, 4.69) is 128 Å². The first-order chi connectivity index (χ1) is 16.7. The van der Waals surface area contributed by atoms with E-state index in [1.54, 1.807) is 0 Å². The van der Waals surface area contributed by atoms with Gasteiger partial charge in [0.25, 0.3) is 0 Å². The maximum Gasteiger partial charge on any atom is 0.0713 e. The van der Waals surface area contributed by atoms with Gasteiger partial charge < -0.3 is 5.73 Å². The van der Waals surface area contributed by atoms with Gasteiger partial charge in [0.15, 0.2) is 0 Å². The smallest absolute Gasteiger partial charge is 0.0713 e. The minimum atomic E-state index is -0.403. The van der Waals surface area contributed by atoms with E-state index in [0.29, 0.717) is 5.92 Å². The van der Waals surface area contributed by atoms with Gasteiger partial charge in [0.1, 0.15) is 0 Å². The summed E-state index contributed by atoms with van der Waals surface area (Å²) in [6.45, 7) is 2.28. The molecular weight excluding hydrogens is 410 g/mol. The third-order valence-electron chi connectivity index (χ3n) is 7.29. The summed E-state index contributed by atoms with van der Waals surface area (Å²) in [6, 6.07) is 38.9. The van der Waals surface area contributed by atoms with Crippen molar-refractivity contribution >= 4 is 16.8 Å². The fourth-order valence-electron chi connectivity index (χ4n) is 5.75. The molecule has 0 heterocycles. The molecule has 2 aliphatic carbocycles. The molecular formula is C33H27N. The van der Waals surface area contributed by atoms with E-state index in [9.17, 15) is 0 Å². The Bertz CT molecular complexity index is 1400. The second-order valence-electron chi connectivity index (χ2n) is 9.23. The molecule has 4 aromatic carbocycles. The summed E-state index contributed by atoms with van der Waals surface area (Å²) in [4.78, 5) is 0. The molecule has 4 aromatic rings. The van der Waals surface area contributed by atoms with Gasteiger partial charge in [0, 0.05) is 5.69 Å². The summed E-state index contributed by atoms with van der Waals surface area (Å²) in [5.74, 6) is 0.293. The summed E-state index contributed by atoms with van der Waals surface area (Å²) < 4.78 is 0. The van der Waals surface area contributed by atoms with E-state index < -0.39 is 5.41 Å². The Morgan fingerprint density at radius 2 is 1.29 bits per heavy atom. The summed E-state index contributed by atoms with van der Waals surface area (Å²) in [5, 5.41) is 0.